The molecule has 0 aliphatic heterocycles. The largest absolute Gasteiger partial charge is 0.294 e. The van der Waals surface area contributed by atoms with Gasteiger partial charge in [-0.3, -0.25) is 20.2 Å². The maximum Gasteiger partial charge on any atom is 0.239 e. The third-order valence-corrected chi connectivity index (χ3v) is 1.12. The van der Waals surface area contributed by atoms with Crippen LogP contribution in [0, 0.1) is 0 Å². The van der Waals surface area contributed by atoms with Crippen molar-refractivity contribution in [3.63, 3.8) is 0 Å². The number of hydrazine groups is 1. The molecule has 1 aromatic rings. The van der Waals surface area contributed by atoms with Crippen molar-refractivity contribution >= 4 is 5.91 Å². The lowest BCUT2D eigenvalue weighted by Gasteiger charge is -1.96. The fourth-order valence-corrected chi connectivity index (χ4v) is 0.637. The van der Waals surface area contributed by atoms with Gasteiger partial charge < -0.3 is 0 Å². The highest BCUT2D eigenvalue weighted by Crippen LogP contribution is 1.89. The average Bonchev–Trinajstić information content (AvgIpc) is 2.06. The maximum absolute atomic E-state index is 10.7. The molecule has 1 heterocycles. The number of nitrogens with two attached hydrogens (primary N) is 1. The number of nitrogens with one attached hydrogen (secondary N) is 1. The molecule has 0 spiro atoms. The Morgan fingerprint density at radius 2 is 2.45 bits per heavy atom. The average molecular weight is 152 g/mol. The third-order valence-electron chi connectivity index (χ3n) is 1.12. The van der Waals surface area contributed by atoms with Gasteiger partial charge in [0.15, 0.2) is 0 Å². The number of amides is 1. The Morgan fingerprint density at radius 3 is 3.00 bits per heavy atom. The van der Waals surface area contributed by atoms with Crippen molar-refractivity contribution in [2.45, 2.75) is 6.42 Å². The normalized spacial score (nSPS) is 9.18. The standard InChI is InChI=1S/C6H8N4O/c7-10-6(11)3-5-4-8-1-2-9-5/h1-2,4H,3,7H2,(H,10,11). The SMILES string of the molecule is NNC(=O)Cc1cnccn1. The Hall–Kier alpha value is -1.49. The lowest BCUT2D eigenvalue weighted by molar-refractivity contribution is -0.120. The molecular formula is C6H8N4O. The van der Waals surface area contributed by atoms with Gasteiger partial charge in [0.1, 0.15) is 0 Å². The van der Waals surface area contributed by atoms with E-state index in [9.17, 15) is 4.79 Å². The first-order valence-corrected chi connectivity index (χ1v) is 3.07. The van der Waals surface area contributed by atoms with E-state index in [1.165, 1.54) is 12.4 Å². The zero-order valence-electron chi connectivity index (χ0n) is 5.82. The predicted molar refractivity (Wildman–Crippen MR) is 38.1 cm³/mol. The molecule has 3 N–H and O–H groups in total. The quantitative estimate of drug-likeness (QED) is 0.324. The summed E-state index contributed by atoms with van der Waals surface area (Å²) in [6.07, 6.45) is 4.77. The van der Waals surface area contributed by atoms with Crippen LogP contribution in [0.3, 0.4) is 0 Å². The second-order valence-corrected chi connectivity index (χ2v) is 1.94. The van der Waals surface area contributed by atoms with E-state index in [1.807, 2.05) is 5.43 Å². The van der Waals surface area contributed by atoms with E-state index in [2.05, 4.69) is 9.97 Å². The molecule has 0 aliphatic carbocycles. The van der Waals surface area contributed by atoms with Crippen LogP contribution in [0.15, 0.2) is 18.6 Å². The molecule has 0 radical (unpaired) electrons. The molecule has 0 aliphatic rings. The van der Waals surface area contributed by atoms with Crippen molar-refractivity contribution in [3.8, 4) is 0 Å². The van der Waals surface area contributed by atoms with Gasteiger partial charge in [0.05, 0.1) is 12.1 Å². The number of rotatable bonds is 2. The number of aromatic nitrogens is 2. The first-order valence-electron chi connectivity index (χ1n) is 3.07. The molecule has 0 fully saturated rings. The van der Waals surface area contributed by atoms with Crippen molar-refractivity contribution in [2.75, 3.05) is 0 Å². The Labute approximate surface area is 63.6 Å². The number of hydrogen-bond acceptors (Lipinski definition) is 4. The van der Waals surface area contributed by atoms with Gasteiger partial charge in [-0.2, -0.15) is 0 Å². The molecule has 5 heteroatoms. The molecule has 58 valence electrons. The first-order chi connectivity index (χ1) is 5.33. The third kappa shape index (κ3) is 2.30. The highest BCUT2D eigenvalue weighted by Gasteiger charge is 2.00. The van der Waals surface area contributed by atoms with Crippen LogP contribution in [0.4, 0.5) is 0 Å². The molecule has 0 bridgehead atoms. The summed E-state index contributed by atoms with van der Waals surface area (Å²) < 4.78 is 0. The maximum atomic E-state index is 10.7. The summed E-state index contributed by atoms with van der Waals surface area (Å²) in [6.45, 7) is 0. The molecule has 0 saturated carbocycles. The topological polar surface area (TPSA) is 80.9 Å². The smallest absolute Gasteiger partial charge is 0.239 e. The van der Waals surface area contributed by atoms with Crippen molar-refractivity contribution in [1.29, 1.82) is 0 Å². The van der Waals surface area contributed by atoms with Crippen LogP contribution in [0.25, 0.3) is 0 Å². The van der Waals surface area contributed by atoms with Crippen LogP contribution in [-0.4, -0.2) is 15.9 Å². The molecule has 1 amide bonds. The first kappa shape index (κ1) is 7.62. The van der Waals surface area contributed by atoms with Gasteiger partial charge in [-0.15, -0.1) is 0 Å². The Kier molecular flexibility index (Phi) is 2.51. The molecule has 0 saturated heterocycles. The lowest BCUT2D eigenvalue weighted by Crippen LogP contribution is -2.31. The molecule has 0 aromatic carbocycles. The van der Waals surface area contributed by atoms with Gasteiger partial charge in [0.2, 0.25) is 5.91 Å². The zero-order valence-corrected chi connectivity index (χ0v) is 5.82. The number of carbonyl (C=O) groups is 1. The second-order valence-electron chi connectivity index (χ2n) is 1.94. The van der Waals surface area contributed by atoms with E-state index in [1.54, 1.807) is 6.20 Å². The van der Waals surface area contributed by atoms with E-state index in [-0.39, 0.29) is 12.3 Å². The van der Waals surface area contributed by atoms with E-state index in [0.29, 0.717) is 5.69 Å². The summed E-state index contributed by atoms with van der Waals surface area (Å²) in [6, 6.07) is 0. The van der Waals surface area contributed by atoms with E-state index < -0.39 is 0 Å². The Bertz CT molecular complexity index is 236. The van der Waals surface area contributed by atoms with Gasteiger partial charge in [-0.05, 0) is 0 Å². The number of hydrogen-bond donors (Lipinski definition) is 2. The molecule has 0 atom stereocenters. The monoisotopic (exact) mass is 152 g/mol. The molecule has 1 aromatic heterocycles. The van der Waals surface area contributed by atoms with Gasteiger partial charge in [0, 0.05) is 18.6 Å². The lowest BCUT2D eigenvalue weighted by atomic mass is 10.3. The van der Waals surface area contributed by atoms with Crippen LogP contribution in [-0.2, 0) is 11.2 Å². The van der Waals surface area contributed by atoms with Crippen LogP contribution in [0.1, 0.15) is 5.69 Å². The Morgan fingerprint density at radius 1 is 1.64 bits per heavy atom. The van der Waals surface area contributed by atoms with Crippen molar-refractivity contribution in [1.82, 2.24) is 15.4 Å². The van der Waals surface area contributed by atoms with Crippen molar-refractivity contribution in [3.05, 3.63) is 24.3 Å². The zero-order chi connectivity index (χ0) is 8.10. The van der Waals surface area contributed by atoms with Gasteiger partial charge in [0.25, 0.3) is 0 Å². The summed E-state index contributed by atoms with van der Waals surface area (Å²) in [7, 11) is 0. The minimum atomic E-state index is -0.273. The van der Waals surface area contributed by atoms with Gasteiger partial charge in [-0.25, -0.2) is 5.84 Å². The second kappa shape index (κ2) is 3.62. The minimum absolute atomic E-state index is 0.171. The molecule has 1 rings (SSSR count). The van der Waals surface area contributed by atoms with Crippen LogP contribution < -0.4 is 11.3 Å². The van der Waals surface area contributed by atoms with E-state index in [4.69, 9.17) is 5.84 Å². The molecule has 11 heavy (non-hydrogen) atoms. The fraction of sp³-hybridized carbons (Fsp3) is 0.167. The summed E-state index contributed by atoms with van der Waals surface area (Å²) in [4.78, 5) is 18.4. The van der Waals surface area contributed by atoms with Crippen LogP contribution in [0.2, 0.25) is 0 Å². The van der Waals surface area contributed by atoms with Crippen molar-refractivity contribution in [2.24, 2.45) is 5.84 Å². The number of nitrogens with zero attached hydrogens (tertiary/aromatic N) is 2. The van der Waals surface area contributed by atoms with Crippen LogP contribution >= 0.6 is 0 Å². The summed E-state index contributed by atoms with van der Waals surface area (Å²) in [5, 5.41) is 0. The number of carbonyl (C=O) groups excluding carboxylic acids is 1. The van der Waals surface area contributed by atoms with Gasteiger partial charge in [-0.1, -0.05) is 0 Å². The molecule has 5 nitrogen and oxygen atoms in total. The fourth-order valence-electron chi connectivity index (χ4n) is 0.637. The molecule has 0 unspecified atom stereocenters. The Balaban J connectivity index is 2.58. The van der Waals surface area contributed by atoms with Crippen molar-refractivity contribution < 1.29 is 4.79 Å². The minimum Gasteiger partial charge on any atom is -0.294 e. The van der Waals surface area contributed by atoms with E-state index >= 15 is 0 Å². The summed E-state index contributed by atoms with van der Waals surface area (Å²) in [5.74, 6) is 4.60. The highest BCUT2D eigenvalue weighted by atomic mass is 16.2. The van der Waals surface area contributed by atoms with Gasteiger partial charge >= 0.3 is 0 Å². The molecular weight excluding hydrogens is 144 g/mol. The summed E-state index contributed by atoms with van der Waals surface area (Å²) in [5.41, 5.74) is 2.61. The highest BCUT2D eigenvalue weighted by molar-refractivity contribution is 5.77. The van der Waals surface area contributed by atoms with Crippen LogP contribution in [0.5, 0.6) is 0 Å². The van der Waals surface area contributed by atoms with E-state index in [0.717, 1.165) is 0 Å². The summed E-state index contributed by atoms with van der Waals surface area (Å²) >= 11 is 0. The predicted octanol–water partition coefficient (Wildman–Crippen LogP) is -0.991.